The minimum absolute atomic E-state index is 0.00384. The third-order valence-electron chi connectivity index (χ3n) is 3.18. The molecule has 1 rings (SSSR count). The van der Waals surface area contributed by atoms with Crippen molar-refractivity contribution in [1.29, 1.82) is 0 Å². The summed E-state index contributed by atoms with van der Waals surface area (Å²) in [4.78, 5) is 0. The molecule has 72 valence electrons. The second kappa shape index (κ2) is 2.98. The lowest BCUT2D eigenvalue weighted by Gasteiger charge is -2.37. The number of rotatable bonds is 3. The Kier molecular flexibility index (Phi) is 2.28. The van der Waals surface area contributed by atoms with Crippen LogP contribution in [-0.4, -0.2) is 15.4 Å². The third-order valence-corrected chi connectivity index (χ3v) is 3.18. The lowest BCUT2D eigenvalue weighted by molar-refractivity contribution is 0.261. The molecule has 0 saturated carbocycles. The van der Waals surface area contributed by atoms with Crippen LogP contribution in [0, 0.1) is 5.41 Å². The summed E-state index contributed by atoms with van der Waals surface area (Å²) in [6.07, 6.45) is 3.73. The Balaban J connectivity index is 3.08. The van der Waals surface area contributed by atoms with Gasteiger partial charge in [-0.3, -0.25) is 0 Å². The van der Waals surface area contributed by atoms with Gasteiger partial charge in [0.05, 0.1) is 11.9 Å². The molecule has 3 nitrogen and oxygen atoms in total. The van der Waals surface area contributed by atoms with E-state index in [1.807, 2.05) is 6.08 Å². The number of allylic oxidation sites excluding steroid dienone is 1. The van der Waals surface area contributed by atoms with Gasteiger partial charge >= 0.3 is 0 Å². The Morgan fingerprint density at radius 2 is 2.00 bits per heavy atom. The third kappa shape index (κ3) is 1.50. The Bertz CT molecular complexity index is 283. The lowest BCUT2D eigenvalue weighted by Crippen LogP contribution is -2.35. The van der Waals surface area contributed by atoms with Crippen molar-refractivity contribution in [2.24, 2.45) is 5.41 Å². The van der Waals surface area contributed by atoms with Crippen molar-refractivity contribution in [3.8, 4) is 0 Å². The van der Waals surface area contributed by atoms with Crippen LogP contribution in [0.25, 0.3) is 0 Å². The maximum atomic E-state index is 4.12. The molecule has 0 aliphatic heterocycles. The van der Waals surface area contributed by atoms with E-state index < -0.39 is 0 Å². The summed E-state index contributed by atoms with van der Waals surface area (Å²) in [5.41, 5.74) is 0.920. The van der Waals surface area contributed by atoms with Gasteiger partial charge in [-0.2, -0.15) is 15.4 Å². The normalized spacial score (nSPS) is 12.9. The Hall–Kier alpha value is -1.12. The number of hydrogen-bond acceptors (Lipinski definition) is 2. The van der Waals surface area contributed by atoms with E-state index in [2.05, 4.69) is 49.7 Å². The molecule has 0 aromatic carbocycles. The van der Waals surface area contributed by atoms with Crippen molar-refractivity contribution in [2.45, 2.75) is 33.1 Å². The molecule has 1 heterocycles. The molecule has 0 bridgehead atoms. The fourth-order valence-corrected chi connectivity index (χ4v) is 1.09. The van der Waals surface area contributed by atoms with E-state index in [9.17, 15) is 0 Å². The van der Waals surface area contributed by atoms with E-state index in [1.54, 1.807) is 6.20 Å². The van der Waals surface area contributed by atoms with Gasteiger partial charge in [-0.15, -0.1) is 6.58 Å². The van der Waals surface area contributed by atoms with Gasteiger partial charge in [0.15, 0.2) is 0 Å². The van der Waals surface area contributed by atoms with Crippen LogP contribution in [0.2, 0.25) is 0 Å². The molecule has 0 aliphatic carbocycles. The van der Waals surface area contributed by atoms with Gasteiger partial charge in [-0.25, -0.2) is 0 Å². The first kappa shape index (κ1) is 9.96. The number of aromatic amines is 1. The summed E-state index contributed by atoms with van der Waals surface area (Å²) < 4.78 is 0. The minimum atomic E-state index is -0.0538. The molecule has 1 aromatic rings. The predicted octanol–water partition coefficient (Wildman–Crippen LogP) is 2.29. The average Bonchev–Trinajstić information content (AvgIpc) is 2.56. The summed E-state index contributed by atoms with van der Waals surface area (Å²) in [6, 6.07) is 0. The summed E-state index contributed by atoms with van der Waals surface area (Å²) in [6.45, 7) is 12.4. The highest BCUT2D eigenvalue weighted by atomic mass is 15.3. The van der Waals surface area contributed by atoms with Crippen molar-refractivity contribution in [3.63, 3.8) is 0 Å². The van der Waals surface area contributed by atoms with E-state index in [1.165, 1.54) is 0 Å². The highest BCUT2D eigenvalue weighted by molar-refractivity contribution is 5.17. The first-order chi connectivity index (χ1) is 5.92. The number of aromatic nitrogens is 3. The Morgan fingerprint density at radius 1 is 1.38 bits per heavy atom. The number of nitrogens with one attached hydrogen (secondary N) is 1. The quantitative estimate of drug-likeness (QED) is 0.723. The van der Waals surface area contributed by atoms with E-state index in [0.29, 0.717) is 0 Å². The molecule has 13 heavy (non-hydrogen) atoms. The molecule has 0 spiro atoms. The first-order valence-electron chi connectivity index (χ1n) is 4.41. The maximum Gasteiger partial charge on any atom is 0.0889 e. The van der Waals surface area contributed by atoms with Crippen LogP contribution in [0.4, 0.5) is 0 Å². The molecule has 1 N–H and O–H groups in total. The molecule has 0 amide bonds. The van der Waals surface area contributed by atoms with Crippen LogP contribution in [0.15, 0.2) is 18.9 Å². The molecule has 0 saturated heterocycles. The first-order valence-corrected chi connectivity index (χ1v) is 4.41. The average molecular weight is 179 g/mol. The molecule has 0 aliphatic rings. The Labute approximate surface area is 79.2 Å². The van der Waals surface area contributed by atoms with Gasteiger partial charge in [0.2, 0.25) is 0 Å². The zero-order chi connectivity index (χ0) is 10.1. The molecular formula is C10H17N3. The van der Waals surface area contributed by atoms with Gasteiger partial charge in [0, 0.05) is 5.41 Å². The van der Waals surface area contributed by atoms with Crippen molar-refractivity contribution in [1.82, 2.24) is 15.4 Å². The molecule has 0 fully saturated rings. The summed E-state index contributed by atoms with van der Waals surface area (Å²) in [5, 5.41) is 10.6. The van der Waals surface area contributed by atoms with Crippen molar-refractivity contribution in [2.75, 3.05) is 0 Å². The molecule has 0 atom stereocenters. The number of nitrogens with zero attached hydrogens (tertiary/aromatic N) is 2. The van der Waals surface area contributed by atoms with E-state index in [-0.39, 0.29) is 10.8 Å². The molecule has 1 aromatic heterocycles. The smallest absolute Gasteiger partial charge is 0.0889 e. The predicted molar refractivity (Wildman–Crippen MR) is 53.4 cm³/mol. The van der Waals surface area contributed by atoms with E-state index in [0.717, 1.165) is 5.69 Å². The fraction of sp³-hybridized carbons (Fsp3) is 0.600. The van der Waals surface area contributed by atoms with Crippen molar-refractivity contribution in [3.05, 3.63) is 24.5 Å². The molecular weight excluding hydrogens is 162 g/mol. The van der Waals surface area contributed by atoms with Crippen molar-refractivity contribution < 1.29 is 0 Å². The van der Waals surface area contributed by atoms with E-state index >= 15 is 0 Å². The van der Waals surface area contributed by atoms with Gasteiger partial charge in [-0.05, 0) is 5.41 Å². The zero-order valence-corrected chi connectivity index (χ0v) is 8.76. The highest BCUT2D eigenvalue weighted by Crippen LogP contribution is 2.40. The van der Waals surface area contributed by atoms with Crippen molar-refractivity contribution >= 4 is 0 Å². The summed E-state index contributed by atoms with van der Waals surface area (Å²) in [5.74, 6) is 0. The minimum Gasteiger partial charge on any atom is -0.198 e. The highest BCUT2D eigenvalue weighted by Gasteiger charge is 2.37. The SMILES string of the molecule is C=CC(C)(C)C(C)(C)c1cn[nH]n1. The second-order valence-corrected chi connectivity index (χ2v) is 4.41. The maximum absolute atomic E-state index is 4.12. The fourth-order valence-electron chi connectivity index (χ4n) is 1.09. The van der Waals surface area contributed by atoms with Gasteiger partial charge in [0.25, 0.3) is 0 Å². The van der Waals surface area contributed by atoms with E-state index in [4.69, 9.17) is 0 Å². The largest absolute Gasteiger partial charge is 0.198 e. The Morgan fingerprint density at radius 3 is 2.38 bits per heavy atom. The monoisotopic (exact) mass is 179 g/mol. The zero-order valence-electron chi connectivity index (χ0n) is 8.76. The number of hydrogen-bond donors (Lipinski definition) is 1. The molecule has 0 radical (unpaired) electrons. The topological polar surface area (TPSA) is 41.6 Å². The van der Waals surface area contributed by atoms with Crippen LogP contribution in [-0.2, 0) is 5.41 Å². The van der Waals surface area contributed by atoms with Gasteiger partial charge in [-0.1, -0.05) is 33.8 Å². The van der Waals surface area contributed by atoms with Crippen LogP contribution in [0.5, 0.6) is 0 Å². The summed E-state index contributed by atoms with van der Waals surface area (Å²) >= 11 is 0. The van der Waals surface area contributed by atoms with Crippen LogP contribution >= 0.6 is 0 Å². The van der Waals surface area contributed by atoms with Crippen LogP contribution < -0.4 is 0 Å². The molecule has 3 heteroatoms. The summed E-state index contributed by atoms with van der Waals surface area (Å²) in [7, 11) is 0. The second-order valence-electron chi connectivity index (χ2n) is 4.41. The van der Waals surface area contributed by atoms with Crippen LogP contribution in [0.1, 0.15) is 33.4 Å². The van der Waals surface area contributed by atoms with Gasteiger partial charge in [0.1, 0.15) is 0 Å². The standard InChI is InChI=1S/C10H17N3/c1-6-9(2,3)10(4,5)8-7-11-13-12-8/h6-7H,1H2,2-5H3,(H,11,12,13). The number of H-pyrrole nitrogens is 1. The van der Waals surface area contributed by atoms with Crippen LogP contribution in [0.3, 0.4) is 0 Å². The molecule has 0 unspecified atom stereocenters. The lowest BCUT2D eigenvalue weighted by atomic mass is 9.66. The van der Waals surface area contributed by atoms with Gasteiger partial charge < -0.3 is 0 Å².